The van der Waals surface area contributed by atoms with Gasteiger partial charge in [0.25, 0.3) is 0 Å². The van der Waals surface area contributed by atoms with E-state index in [1.807, 2.05) is 10.6 Å². The van der Waals surface area contributed by atoms with Crippen LogP contribution < -0.4 is 16.6 Å². The van der Waals surface area contributed by atoms with Gasteiger partial charge in [0.1, 0.15) is 0 Å². The Morgan fingerprint density at radius 3 is 2.90 bits per heavy atom. The number of aromatic nitrogens is 3. The number of aliphatic hydroxyl groups is 1. The van der Waals surface area contributed by atoms with Gasteiger partial charge in [-0.3, -0.25) is 0 Å². The Morgan fingerprint density at radius 1 is 1.35 bits per heavy atom. The lowest BCUT2D eigenvalue weighted by Crippen LogP contribution is -2.24. The van der Waals surface area contributed by atoms with E-state index in [1.54, 1.807) is 12.4 Å². The molecule has 7 heteroatoms. The minimum absolute atomic E-state index is 0.117. The van der Waals surface area contributed by atoms with Gasteiger partial charge in [-0.15, -0.1) is 0 Å². The molecular weight excluding hydrogens is 256 g/mol. The lowest BCUT2D eigenvalue weighted by molar-refractivity contribution is 0.111. The minimum atomic E-state index is -0.117. The molecule has 2 aromatic rings. The Morgan fingerprint density at radius 2 is 2.15 bits per heavy atom. The zero-order chi connectivity index (χ0) is 13.9. The normalized spacial score (nSPS) is 22.9. The number of imidazole rings is 1. The monoisotopic (exact) mass is 276 g/mol. The van der Waals surface area contributed by atoms with Crippen molar-refractivity contribution in [3.05, 3.63) is 18.6 Å². The SMILES string of the molecule is NNc1cn2ccnc2c(NCC2CCC(O)CC2)n1. The van der Waals surface area contributed by atoms with Crippen LogP contribution in [0.25, 0.3) is 5.65 Å². The molecule has 0 radical (unpaired) electrons. The van der Waals surface area contributed by atoms with Crippen molar-refractivity contribution in [1.82, 2.24) is 14.4 Å². The number of rotatable bonds is 4. The molecule has 3 rings (SSSR count). The van der Waals surface area contributed by atoms with Gasteiger partial charge in [-0.05, 0) is 31.6 Å². The first-order valence-corrected chi connectivity index (χ1v) is 6.98. The van der Waals surface area contributed by atoms with Crippen molar-refractivity contribution in [2.45, 2.75) is 31.8 Å². The van der Waals surface area contributed by atoms with Gasteiger partial charge in [-0.2, -0.15) is 0 Å². The zero-order valence-corrected chi connectivity index (χ0v) is 11.3. The molecule has 0 bridgehead atoms. The van der Waals surface area contributed by atoms with Crippen LogP contribution in [0.4, 0.5) is 11.6 Å². The van der Waals surface area contributed by atoms with Crippen molar-refractivity contribution in [1.29, 1.82) is 0 Å². The maximum atomic E-state index is 9.53. The fraction of sp³-hybridized carbons (Fsp3) is 0.538. The quantitative estimate of drug-likeness (QED) is 0.490. The molecule has 1 aliphatic rings. The summed E-state index contributed by atoms with van der Waals surface area (Å²) >= 11 is 0. The first-order valence-electron chi connectivity index (χ1n) is 6.98. The highest BCUT2D eigenvalue weighted by Gasteiger charge is 2.19. The molecular formula is C13H20N6O. The van der Waals surface area contributed by atoms with E-state index in [1.165, 1.54) is 0 Å². The smallest absolute Gasteiger partial charge is 0.180 e. The lowest BCUT2D eigenvalue weighted by atomic mass is 9.87. The lowest BCUT2D eigenvalue weighted by Gasteiger charge is -2.25. The van der Waals surface area contributed by atoms with E-state index in [0.717, 1.165) is 43.7 Å². The molecule has 0 aliphatic heterocycles. The average Bonchev–Trinajstić information content (AvgIpc) is 2.94. The summed E-state index contributed by atoms with van der Waals surface area (Å²) in [4.78, 5) is 8.71. The molecule has 0 unspecified atom stereocenters. The van der Waals surface area contributed by atoms with Crippen molar-refractivity contribution >= 4 is 17.3 Å². The van der Waals surface area contributed by atoms with E-state index < -0.39 is 0 Å². The van der Waals surface area contributed by atoms with Gasteiger partial charge in [0.15, 0.2) is 17.3 Å². The molecule has 1 aliphatic carbocycles. The Labute approximate surface area is 117 Å². The number of aliphatic hydroxyl groups excluding tert-OH is 1. The largest absolute Gasteiger partial charge is 0.393 e. The van der Waals surface area contributed by atoms with Crippen LogP contribution in [0.2, 0.25) is 0 Å². The third-order valence-electron chi connectivity index (χ3n) is 3.90. The summed E-state index contributed by atoms with van der Waals surface area (Å²) in [6.07, 6.45) is 9.16. The van der Waals surface area contributed by atoms with Gasteiger partial charge in [-0.1, -0.05) is 0 Å². The van der Waals surface area contributed by atoms with Crippen LogP contribution in [0.5, 0.6) is 0 Å². The van der Waals surface area contributed by atoms with Crippen LogP contribution in [0, 0.1) is 5.92 Å². The number of nitrogen functional groups attached to an aromatic ring is 1. The summed E-state index contributed by atoms with van der Waals surface area (Å²) in [5, 5.41) is 12.9. The molecule has 5 N–H and O–H groups in total. The second kappa shape index (κ2) is 5.64. The molecule has 0 saturated heterocycles. The third-order valence-corrected chi connectivity index (χ3v) is 3.90. The third kappa shape index (κ3) is 2.68. The van der Waals surface area contributed by atoms with Gasteiger partial charge in [-0.25, -0.2) is 15.8 Å². The van der Waals surface area contributed by atoms with E-state index in [2.05, 4.69) is 20.7 Å². The zero-order valence-electron chi connectivity index (χ0n) is 11.3. The van der Waals surface area contributed by atoms with E-state index in [0.29, 0.717) is 11.7 Å². The first-order chi connectivity index (χ1) is 9.76. The predicted molar refractivity (Wildman–Crippen MR) is 77.3 cm³/mol. The number of hydrazine groups is 1. The van der Waals surface area contributed by atoms with Crippen LogP contribution in [0.1, 0.15) is 25.7 Å². The molecule has 0 amide bonds. The van der Waals surface area contributed by atoms with E-state index in [4.69, 9.17) is 5.84 Å². The van der Waals surface area contributed by atoms with E-state index in [9.17, 15) is 5.11 Å². The van der Waals surface area contributed by atoms with Crippen molar-refractivity contribution in [2.24, 2.45) is 11.8 Å². The molecule has 20 heavy (non-hydrogen) atoms. The van der Waals surface area contributed by atoms with Gasteiger partial charge < -0.3 is 20.2 Å². The molecule has 1 saturated carbocycles. The van der Waals surface area contributed by atoms with Crippen molar-refractivity contribution in [3.63, 3.8) is 0 Å². The van der Waals surface area contributed by atoms with Crippen LogP contribution in [0.15, 0.2) is 18.6 Å². The van der Waals surface area contributed by atoms with Gasteiger partial charge in [0, 0.05) is 18.9 Å². The molecule has 2 heterocycles. The topological polar surface area (TPSA) is 100 Å². The van der Waals surface area contributed by atoms with Gasteiger partial charge in [0.2, 0.25) is 0 Å². The number of nitrogens with zero attached hydrogens (tertiary/aromatic N) is 3. The average molecular weight is 276 g/mol. The number of hydrogen-bond donors (Lipinski definition) is 4. The molecule has 0 spiro atoms. The fourth-order valence-electron chi connectivity index (χ4n) is 2.71. The fourth-order valence-corrected chi connectivity index (χ4v) is 2.71. The number of nitrogens with two attached hydrogens (primary N) is 1. The maximum absolute atomic E-state index is 9.53. The van der Waals surface area contributed by atoms with Crippen LogP contribution in [-0.4, -0.2) is 32.1 Å². The summed E-state index contributed by atoms with van der Waals surface area (Å²) in [5.74, 6) is 7.33. The summed E-state index contributed by atoms with van der Waals surface area (Å²) in [6.45, 7) is 0.844. The van der Waals surface area contributed by atoms with Crippen molar-refractivity contribution < 1.29 is 5.11 Å². The summed E-state index contributed by atoms with van der Waals surface area (Å²) in [7, 11) is 0. The van der Waals surface area contributed by atoms with E-state index in [-0.39, 0.29) is 6.10 Å². The highest BCUT2D eigenvalue weighted by atomic mass is 16.3. The van der Waals surface area contributed by atoms with Crippen LogP contribution >= 0.6 is 0 Å². The van der Waals surface area contributed by atoms with Gasteiger partial charge >= 0.3 is 0 Å². The Bertz CT molecular complexity index is 575. The summed E-state index contributed by atoms with van der Waals surface area (Å²) < 4.78 is 1.88. The molecule has 0 atom stereocenters. The number of nitrogens with one attached hydrogen (secondary N) is 2. The van der Waals surface area contributed by atoms with Gasteiger partial charge in [0.05, 0.1) is 12.3 Å². The maximum Gasteiger partial charge on any atom is 0.180 e. The van der Waals surface area contributed by atoms with Crippen molar-refractivity contribution in [2.75, 3.05) is 17.3 Å². The van der Waals surface area contributed by atoms with Crippen LogP contribution in [0.3, 0.4) is 0 Å². The molecule has 0 aromatic carbocycles. The summed E-state index contributed by atoms with van der Waals surface area (Å²) in [5.41, 5.74) is 3.35. The molecule has 2 aromatic heterocycles. The predicted octanol–water partition coefficient (Wildman–Crippen LogP) is 0.978. The number of anilines is 2. The number of fused-ring (bicyclic) bond motifs is 1. The second-order valence-electron chi connectivity index (χ2n) is 5.33. The Balaban J connectivity index is 1.71. The molecule has 7 nitrogen and oxygen atoms in total. The first kappa shape index (κ1) is 13.1. The Hall–Kier alpha value is -1.86. The van der Waals surface area contributed by atoms with Crippen molar-refractivity contribution in [3.8, 4) is 0 Å². The number of hydrogen-bond acceptors (Lipinski definition) is 6. The highest BCUT2D eigenvalue weighted by molar-refractivity contribution is 5.65. The molecule has 108 valence electrons. The molecule has 1 fully saturated rings. The highest BCUT2D eigenvalue weighted by Crippen LogP contribution is 2.25. The Kier molecular flexibility index (Phi) is 3.70. The van der Waals surface area contributed by atoms with E-state index >= 15 is 0 Å². The standard InChI is InChI=1S/C13H20N6O/c14-18-11-8-19-6-5-15-13(19)12(17-11)16-7-9-1-3-10(20)4-2-9/h5-6,8-10,18,20H,1-4,7,14H2,(H,16,17). The minimum Gasteiger partial charge on any atom is -0.393 e. The summed E-state index contributed by atoms with van der Waals surface area (Å²) in [6, 6.07) is 0. The second-order valence-corrected chi connectivity index (χ2v) is 5.33. The van der Waals surface area contributed by atoms with Crippen LogP contribution in [-0.2, 0) is 0 Å².